The van der Waals surface area contributed by atoms with Gasteiger partial charge in [0, 0.05) is 11.7 Å². The van der Waals surface area contributed by atoms with E-state index in [1.165, 1.54) is 0 Å². The lowest BCUT2D eigenvalue weighted by Gasteiger charge is -2.08. The molecule has 0 saturated carbocycles. The van der Waals surface area contributed by atoms with E-state index in [0.717, 1.165) is 10.9 Å². The molecule has 0 fully saturated rings. The van der Waals surface area contributed by atoms with E-state index in [2.05, 4.69) is 9.98 Å². The highest BCUT2D eigenvalue weighted by molar-refractivity contribution is 5.85. The van der Waals surface area contributed by atoms with Crippen molar-refractivity contribution >= 4 is 22.8 Å². The van der Waals surface area contributed by atoms with Gasteiger partial charge in [-0.1, -0.05) is 6.07 Å². The van der Waals surface area contributed by atoms with Gasteiger partial charge < -0.3 is 21.6 Å². The number of hydrogen-bond acceptors (Lipinski definition) is 2. The van der Waals surface area contributed by atoms with Gasteiger partial charge >= 0.3 is 5.97 Å². The molecule has 6 N–H and O–H groups in total. The Morgan fingerprint density at radius 1 is 1.35 bits per heavy atom. The van der Waals surface area contributed by atoms with Crippen molar-refractivity contribution < 1.29 is 9.90 Å². The summed E-state index contributed by atoms with van der Waals surface area (Å²) in [4.78, 5) is 17.8. The number of carboxylic acids is 1. The van der Waals surface area contributed by atoms with Crippen molar-refractivity contribution in [2.45, 2.75) is 6.04 Å². The maximum Gasteiger partial charge on any atom is 0.333 e. The second kappa shape index (κ2) is 4.17. The number of aliphatic imine (C=N–C) groups is 1. The molecule has 1 heterocycles. The standard InChI is InChI=1S/C11H12N4O2/c12-11(13)15-9(10(16)17)7-1-2-8-6(5-7)3-4-14-8/h1-5,9,14H,(H,16,17)(H4,12,13,15). The van der Waals surface area contributed by atoms with E-state index in [-0.39, 0.29) is 5.96 Å². The number of benzene rings is 1. The number of H-pyrrole nitrogens is 1. The predicted molar refractivity (Wildman–Crippen MR) is 64.5 cm³/mol. The number of fused-ring (bicyclic) bond motifs is 1. The van der Waals surface area contributed by atoms with Gasteiger partial charge in [0.25, 0.3) is 0 Å². The first kappa shape index (κ1) is 11.0. The summed E-state index contributed by atoms with van der Waals surface area (Å²) >= 11 is 0. The van der Waals surface area contributed by atoms with Crippen molar-refractivity contribution in [1.82, 2.24) is 4.98 Å². The molecule has 0 saturated heterocycles. The Labute approximate surface area is 96.9 Å². The van der Waals surface area contributed by atoms with E-state index in [9.17, 15) is 4.79 Å². The second-order valence-electron chi connectivity index (χ2n) is 3.62. The lowest BCUT2D eigenvalue weighted by Crippen LogP contribution is -2.25. The van der Waals surface area contributed by atoms with Gasteiger partial charge in [-0.05, 0) is 29.1 Å². The van der Waals surface area contributed by atoms with Gasteiger partial charge in [0.15, 0.2) is 12.0 Å². The van der Waals surface area contributed by atoms with Gasteiger partial charge in [0.2, 0.25) is 0 Å². The second-order valence-corrected chi connectivity index (χ2v) is 3.62. The van der Waals surface area contributed by atoms with Crippen molar-refractivity contribution in [3.63, 3.8) is 0 Å². The number of carbonyl (C=O) groups is 1. The van der Waals surface area contributed by atoms with E-state index in [1.807, 2.05) is 6.07 Å². The third-order valence-corrected chi connectivity index (χ3v) is 2.41. The van der Waals surface area contributed by atoms with Gasteiger partial charge in [-0.3, -0.25) is 0 Å². The van der Waals surface area contributed by atoms with Crippen molar-refractivity contribution in [2.24, 2.45) is 16.5 Å². The van der Waals surface area contributed by atoms with E-state index in [1.54, 1.807) is 24.4 Å². The topological polar surface area (TPSA) is 117 Å². The van der Waals surface area contributed by atoms with E-state index in [0.29, 0.717) is 5.56 Å². The zero-order valence-electron chi connectivity index (χ0n) is 8.92. The van der Waals surface area contributed by atoms with Crippen LogP contribution >= 0.6 is 0 Å². The minimum atomic E-state index is -1.09. The summed E-state index contributed by atoms with van der Waals surface area (Å²) in [6.07, 6.45) is 1.78. The van der Waals surface area contributed by atoms with Gasteiger partial charge in [-0.25, -0.2) is 9.79 Å². The van der Waals surface area contributed by atoms with Crippen LogP contribution in [-0.2, 0) is 4.79 Å². The Morgan fingerprint density at radius 3 is 2.76 bits per heavy atom. The minimum Gasteiger partial charge on any atom is -0.479 e. The number of hydrogen-bond donors (Lipinski definition) is 4. The van der Waals surface area contributed by atoms with Crippen molar-refractivity contribution in [1.29, 1.82) is 0 Å². The summed E-state index contributed by atoms with van der Waals surface area (Å²) in [6, 6.07) is 6.01. The van der Waals surface area contributed by atoms with Crippen LogP contribution in [0.4, 0.5) is 0 Å². The number of nitrogens with two attached hydrogens (primary N) is 2. The van der Waals surface area contributed by atoms with Crippen LogP contribution in [0, 0.1) is 0 Å². The molecule has 6 nitrogen and oxygen atoms in total. The Morgan fingerprint density at radius 2 is 2.12 bits per heavy atom. The summed E-state index contributed by atoms with van der Waals surface area (Å²) in [5, 5.41) is 9.99. The van der Waals surface area contributed by atoms with Crippen LogP contribution in [0.15, 0.2) is 35.5 Å². The number of carboxylic acid groups (broad SMARTS) is 1. The quantitative estimate of drug-likeness (QED) is 0.457. The van der Waals surface area contributed by atoms with Crippen LogP contribution in [0.2, 0.25) is 0 Å². The summed E-state index contributed by atoms with van der Waals surface area (Å²) in [6.45, 7) is 0. The smallest absolute Gasteiger partial charge is 0.333 e. The molecule has 0 aliphatic carbocycles. The number of aromatic nitrogens is 1. The van der Waals surface area contributed by atoms with Crippen molar-refractivity contribution in [3.05, 3.63) is 36.0 Å². The normalized spacial score (nSPS) is 12.2. The Bertz CT molecular complexity index is 584. The van der Waals surface area contributed by atoms with Gasteiger partial charge in [-0.15, -0.1) is 0 Å². The SMILES string of the molecule is NC(N)=NC(C(=O)O)c1ccc2[nH]ccc2c1. The molecule has 1 unspecified atom stereocenters. The molecule has 1 aromatic heterocycles. The first-order valence-electron chi connectivity index (χ1n) is 4.96. The average Bonchev–Trinajstić information content (AvgIpc) is 2.72. The van der Waals surface area contributed by atoms with Crippen LogP contribution in [0.25, 0.3) is 10.9 Å². The third-order valence-electron chi connectivity index (χ3n) is 2.41. The number of rotatable bonds is 3. The van der Waals surface area contributed by atoms with Gasteiger partial charge in [0.1, 0.15) is 0 Å². The number of nitrogens with zero attached hydrogens (tertiary/aromatic N) is 1. The van der Waals surface area contributed by atoms with Crippen molar-refractivity contribution in [2.75, 3.05) is 0 Å². The van der Waals surface area contributed by atoms with Crippen LogP contribution in [-0.4, -0.2) is 22.0 Å². The summed E-state index contributed by atoms with van der Waals surface area (Å²) < 4.78 is 0. The lowest BCUT2D eigenvalue weighted by molar-refractivity contribution is -0.138. The molecule has 2 rings (SSSR count). The first-order valence-corrected chi connectivity index (χ1v) is 4.96. The maximum atomic E-state index is 11.1. The van der Waals surface area contributed by atoms with E-state index in [4.69, 9.17) is 16.6 Å². The molecule has 1 aromatic carbocycles. The highest BCUT2D eigenvalue weighted by Crippen LogP contribution is 2.22. The van der Waals surface area contributed by atoms with Crippen LogP contribution in [0.3, 0.4) is 0 Å². The van der Waals surface area contributed by atoms with Crippen LogP contribution < -0.4 is 11.5 Å². The molecule has 0 aliphatic heterocycles. The van der Waals surface area contributed by atoms with Gasteiger partial charge in [-0.2, -0.15) is 0 Å². The molecular formula is C11H12N4O2. The Kier molecular flexibility index (Phi) is 2.70. The molecule has 6 heteroatoms. The number of aliphatic carboxylic acids is 1. The molecule has 0 spiro atoms. The molecule has 0 amide bonds. The first-order chi connectivity index (χ1) is 8.08. The maximum absolute atomic E-state index is 11.1. The fourth-order valence-corrected chi connectivity index (χ4v) is 1.66. The van der Waals surface area contributed by atoms with Gasteiger partial charge in [0.05, 0.1) is 0 Å². The fraction of sp³-hybridized carbons (Fsp3) is 0.0909. The molecule has 0 aliphatic rings. The molecule has 0 radical (unpaired) electrons. The Hall–Kier alpha value is -2.50. The molecule has 2 aromatic rings. The summed E-state index contributed by atoms with van der Waals surface area (Å²) in [5.41, 5.74) is 11.9. The Balaban J connectivity index is 2.48. The summed E-state index contributed by atoms with van der Waals surface area (Å²) in [5.74, 6) is -1.33. The molecular weight excluding hydrogens is 220 g/mol. The van der Waals surface area contributed by atoms with E-state index >= 15 is 0 Å². The average molecular weight is 232 g/mol. The van der Waals surface area contributed by atoms with Crippen LogP contribution in [0.1, 0.15) is 11.6 Å². The monoisotopic (exact) mass is 232 g/mol. The third kappa shape index (κ3) is 2.20. The highest BCUT2D eigenvalue weighted by atomic mass is 16.4. The zero-order chi connectivity index (χ0) is 12.4. The molecule has 17 heavy (non-hydrogen) atoms. The number of guanidine groups is 1. The largest absolute Gasteiger partial charge is 0.479 e. The predicted octanol–water partition coefficient (Wildman–Crippen LogP) is 0.567. The number of nitrogens with one attached hydrogen (secondary N) is 1. The van der Waals surface area contributed by atoms with Crippen LogP contribution in [0.5, 0.6) is 0 Å². The molecule has 88 valence electrons. The van der Waals surface area contributed by atoms with Crippen molar-refractivity contribution in [3.8, 4) is 0 Å². The fourth-order valence-electron chi connectivity index (χ4n) is 1.66. The zero-order valence-corrected chi connectivity index (χ0v) is 8.92. The van der Waals surface area contributed by atoms with E-state index < -0.39 is 12.0 Å². The summed E-state index contributed by atoms with van der Waals surface area (Å²) in [7, 11) is 0. The lowest BCUT2D eigenvalue weighted by atomic mass is 10.1. The minimum absolute atomic E-state index is 0.244. The highest BCUT2D eigenvalue weighted by Gasteiger charge is 2.19. The molecule has 1 atom stereocenters. The molecule has 0 bridgehead atoms. The number of aromatic amines is 1.